The van der Waals surface area contributed by atoms with Gasteiger partial charge in [-0.15, -0.1) is 0 Å². The van der Waals surface area contributed by atoms with Gasteiger partial charge in [0, 0.05) is 13.6 Å². The van der Waals surface area contributed by atoms with E-state index in [9.17, 15) is 4.79 Å². The van der Waals surface area contributed by atoms with Crippen LogP contribution in [0.25, 0.3) is 0 Å². The van der Waals surface area contributed by atoms with Crippen LogP contribution < -0.4 is 16.0 Å². The summed E-state index contributed by atoms with van der Waals surface area (Å²) in [6, 6.07) is 14.4. The Balaban J connectivity index is 2.09. The number of carbonyl (C=O) groups excluding carboxylic acids is 1. The van der Waals surface area contributed by atoms with Crippen molar-refractivity contribution in [1.82, 2.24) is 10.6 Å². The zero-order valence-corrected chi connectivity index (χ0v) is 19.7. The maximum Gasteiger partial charge on any atom is 0.253 e. The summed E-state index contributed by atoms with van der Waals surface area (Å²) in [5.74, 6) is -0.393. The average Bonchev–Trinajstić information content (AvgIpc) is 2.55. The fraction of sp³-hybridized carbons (Fsp3) is 0.125. The SMILES string of the molecule is O=C(NC(NC(=S)Nc1ccccc1Br)C(Cl)(Cl)Cl)c1cccc(I)c1. The van der Waals surface area contributed by atoms with E-state index in [-0.39, 0.29) is 5.11 Å². The van der Waals surface area contributed by atoms with E-state index in [1.165, 1.54) is 0 Å². The minimum absolute atomic E-state index is 0.191. The lowest BCUT2D eigenvalue weighted by molar-refractivity contribution is 0.0934. The number of alkyl halides is 3. The molecule has 2 rings (SSSR count). The van der Waals surface area contributed by atoms with Crippen molar-refractivity contribution >= 4 is 102 Å². The van der Waals surface area contributed by atoms with Crippen LogP contribution in [0.4, 0.5) is 5.69 Å². The van der Waals surface area contributed by atoms with Crippen molar-refractivity contribution in [3.63, 3.8) is 0 Å². The van der Waals surface area contributed by atoms with Gasteiger partial charge < -0.3 is 16.0 Å². The van der Waals surface area contributed by atoms with E-state index in [0.717, 1.165) is 13.7 Å². The van der Waals surface area contributed by atoms with E-state index in [1.807, 2.05) is 30.3 Å². The molecule has 138 valence electrons. The Labute approximate surface area is 193 Å². The Morgan fingerprint density at radius 2 is 1.81 bits per heavy atom. The summed E-state index contributed by atoms with van der Waals surface area (Å²) >= 11 is 28.8. The van der Waals surface area contributed by atoms with Gasteiger partial charge in [0.05, 0.1) is 5.69 Å². The molecule has 0 aliphatic rings. The number of rotatable bonds is 4. The quantitative estimate of drug-likeness (QED) is 0.187. The number of benzene rings is 2. The minimum atomic E-state index is -1.82. The molecule has 0 aliphatic carbocycles. The van der Waals surface area contributed by atoms with Crippen LogP contribution >= 0.6 is 85.5 Å². The van der Waals surface area contributed by atoms with Gasteiger partial charge >= 0.3 is 0 Å². The van der Waals surface area contributed by atoms with Gasteiger partial charge in [0.2, 0.25) is 3.79 Å². The normalized spacial score (nSPS) is 12.2. The van der Waals surface area contributed by atoms with Crippen LogP contribution in [0.2, 0.25) is 0 Å². The summed E-state index contributed by atoms with van der Waals surface area (Å²) in [5, 5.41) is 8.63. The molecule has 0 heterocycles. The van der Waals surface area contributed by atoms with Crippen LogP contribution in [0.15, 0.2) is 53.0 Å². The lowest BCUT2D eigenvalue weighted by Crippen LogP contribution is -2.56. The molecule has 0 fully saturated rings. The molecule has 10 heteroatoms. The molecule has 0 spiro atoms. The second-order valence-electron chi connectivity index (χ2n) is 5.04. The number of anilines is 1. The second kappa shape index (κ2) is 9.75. The maximum absolute atomic E-state index is 12.4. The molecule has 2 aromatic carbocycles. The molecular weight excluding hydrogens is 595 g/mol. The van der Waals surface area contributed by atoms with E-state index in [4.69, 9.17) is 47.0 Å². The molecule has 1 atom stereocenters. The summed E-state index contributed by atoms with van der Waals surface area (Å²) in [7, 11) is 0. The molecule has 0 saturated heterocycles. The van der Waals surface area contributed by atoms with Crippen LogP contribution in [-0.4, -0.2) is 21.0 Å². The number of hydrogen-bond donors (Lipinski definition) is 3. The van der Waals surface area contributed by atoms with Gasteiger partial charge in [-0.05, 0) is 81.1 Å². The number of nitrogens with one attached hydrogen (secondary N) is 3. The molecule has 2 aromatic rings. The van der Waals surface area contributed by atoms with Gasteiger partial charge in [-0.3, -0.25) is 4.79 Å². The third kappa shape index (κ3) is 6.69. The highest BCUT2D eigenvalue weighted by Gasteiger charge is 2.35. The van der Waals surface area contributed by atoms with E-state index >= 15 is 0 Å². The Hall–Kier alpha value is -0.320. The molecule has 3 N–H and O–H groups in total. The molecule has 26 heavy (non-hydrogen) atoms. The monoisotopic (exact) mass is 605 g/mol. The molecule has 1 amide bonds. The molecule has 0 bridgehead atoms. The van der Waals surface area contributed by atoms with E-state index in [2.05, 4.69) is 54.5 Å². The summed E-state index contributed by atoms with van der Waals surface area (Å²) in [4.78, 5) is 12.4. The van der Waals surface area contributed by atoms with Gasteiger partial charge in [0.15, 0.2) is 5.11 Å². The standard InChI is InChI=1S/C16H12BrCl3IN3OS/c17-11-6-1-2-7-12(11)22-15(26)24-14(16(18,19)20)23-13(25)9-4-3-5-10(21)8-9/h1-8,14H,(H,23,25)(H2,22,24,26). The van der Waals surface area contributed by atoms with E-state index in [1.54, 1.807) is 18.2 Å². The Bertz CT molecular complexity index is 819. The number of hydrogen-bond acceptors (Lipinski definition) is 2. The van der Waals surface area contributed by atoms with Crippen molar-refractivity contribution in [2.45, 2.75) is 9.96 Å². The molecule has 1 unspecified atom stereocenters. The van der Waals surface area contributed by atoms with Crippen LogP contribution in [-0.2, 0) is 0 Å². The van der Waals surface area contributed by atoms with Crippen molar-refractivity contribution in [3.05, 3.63) is 62.1 Å². The maximum atomic E-state index is 12.4. The Morgan fingerprint density at radius 3 is 2.42 bits per heavy atom. The zero-order chi connectivity index (χ0) is 19.3. The van der Waals surface area contributed by atoms with Gasteiger partial charge in [0.25, 0.3) is 5.91 Å². The Morgan fingerprint density at radius 1 is 1.12 bits per heavy atom. The lowest BCUT2D eigenvalue weighted by Gasteiger charge is -2.28. The van der Waals surface area contributed by atoms with Gasteiger partial charge in [-0.25, -0.2) is 0 Å². The van der Waals surface area contributed by atoms with Crippen molar-refractivity contribution in [1.29, 1.82) is 0 Å². The van der Waals surface area contributed by atoms with Gasteiger partial charge in [-0.2, -0.15) is 0 Å². The fourth-order valence-electron chi connectivity index (χ4n) is 1.90. The first-order chi connectivity index (χ1) is 12.2. The third-order valence-electron chi connectivity index (χ3n) is 3.09. The smallest absolute Gasteiger partial charge is 0.253 e. The van der Waals surface area contributed by atoms with E-state index in [0.29, 0.717) is 5.56 Å². The lowest BCUT2D eigenvalue weighted by atomic mass is 10.2. The first kappa shape index (κ1) is 22.0. The number of halogens is 5. The summed E-state index contributed by atoms with van der Waals surface area (Å²) in [6.07, 6.45) is -1.04. The summed E-state index contributed by atoms with van der Waals surface area (Å²) in [6.45, 7) is 0. The molecule has 0 radical (unpaired) electrons. The molecule has 0 saturated carbocycles. The number of carbonyl (C=O) groups is 1. The first-order valence-electron chi connectivity index (χ1n) is 7.12. The van der Waals surface area contributed by atoms with Crippen molar-refractivity contribution in [2.24, 2.45) is 0 Å². The summed E-state index contributed by atoms with van der Waals surface area (Å²) in [5.41, 5.74) is 1.18. The molecular formula is C16H12BrCl3IN3OS. The van der Waals surface area contributed by atoms with Crippen molar-refractivity contribution in [3.8, 4) is 0 Å². The highest BCUT2D eigenvalue weighted by atomic mass is 127. The van der Waals surface area contributed by atoms with Crippen molar-refractivity contribution in [2.75, 3.05) is 5.32 Å². The molecule has 0 aliphatic heterocycles. The van der Waals surface area contributed by atoms with Gasteiger partial charge in [-0.1, -0.05) is 53.0 Å². The van der Waals surface area contributed by atoms with Crippen LogP contribution in [0.5, 0.6) is 0 Å². The predicted molar refractivity (Wildman–Crippen MR) is 124 cm³/mol. The number of thiocarbonyl (C=S) groups is 1. The fourth-order valence-corrected chi connectivity index (χ4v) is 3.38. The van der Waals surface area contributed by atoms with Crippen molar-refractivity contribution < 1.29 is 4.79 Å². The molecule has 0 aromatic heterocycles. The average molecular weight is 608 g/mol. The summed E-state index contributed by atoms with van der Waals surface area (Å²) < 4.78 is -0.0886. The van der Waals surface area contributed by atoms with Crippen LogP contribution in [0.3, 0.4) is 0 Å². The topological polar surface area (TPSA) is 53.2 Å². The number of para-hydroxylation sites is 1. The second-order valence-corrected chi connectivity index (χ2v) is 9.91. The first-order valence-corrected chi connectivity index (χ1v) is 10.5. The zero-order valence-electron chi connectivity index (χ0n) is 12.9. The minimum Gasteiger partial charge on any atom is -0.339 e. The molecule has 4 nitrogen and oxygen atoms in total. The third-order valence-corrected chi connectivity index (χ3v) is 5.32. The van der Waals surface area contributed by atoms with Crippen LogP contribution in [0.1, 0.15) is 10.4 Å². The highest BCUT2D eigenvalue weighted by molar-refractivity contribution is 14.1. The van der Waals surface area contributed by atoms with Crippen LogP contribution in [0, 0.1) is 3.57 Å². The predicted octanol–water partition coefficient (Wildman–Crippen LogP) is 5.47. The largest absolute Gasteiger partial charge is 0.339 e. The highest BCUT2D eigenvalue weighted by Crippen LogP contribution is 2.29. The Kier molecular flexibility index (Phi) is 8.24. The van der Waals surface area contributed by atoms with E-state index < -0.39 is 15.9 Å². The van der Waals surface area contributed by atoms with Gasteiger partial charge in [0.1, 0.15) is 6.17 Å². The number of amides is 1.